The molecule has 5 heteroatoms. The number of nitrogens with two attached hydrogens (primary N) is 1. The van der Waals surface area contributed by atoms with Crippen LogP contribution in [-0.4, -0.2) is 34.5 Å². The summed E-state index contributed by atoms with van der Waals surface area (Å²) < 4.78 is 0. The Balaban J connectivity index is 1.61. The van der Waals surface area contributed by atoms with Gasteiger partial charge >= 0.3 is 0 Å². The Hall–Kier alpha value is -2.14. The summed E-state index contributed by atoms with van der Waals surface area (Å²) in [7, 11) is 0. The second-order valence-electron chi connectivity index (χ2n) is 6.86. The van der Waals surface area contributed by atoms with Gasteiger partial charge in [0.1, 0.15) is 5.82 Å². The number of hydrogen-bond acceptors (Lipinski definition) is 5. The Kier molecular flexibility index (Phi) is 6.23. The Bertz CT molecular complexity index is 662. The molecule has 0 radical (unpaired) electrons. The third-order valence-corrected chi connectivity index (χ3v) is 4.65. The van der Waals surface area contributed by atoms with Gasteiger partial charge in [-0.25, -0.2) is 4.98 Å². The Morgan fingerprint density at radius 2 is 1.80 bits per heavy atom. The average molecular weight is 339 g/mol. The molecule has 134 valence electrons. The van der Waals surface area contributed by atoms with Gasteiger partial charge < -0.3 is 11.1 Å². The molecule has 1 aromatic carbocycles. The lowest BCUT2D eigenvalue weighted by Crippen LogP contribution is -2.18. The Morgan fingerprint density at radius 3 is 2.52 bits per heavy atom. The van der Waals surface area contributed by atoms with E-state index in [-0.39, 0.29) is 0 Å². The maximum atomic E-state index is 5.87. The zero-order valence-corrected chi connectivity index (χ0v) is 15.2. The highest BCUT2D eigenvalue weighted by Crippen LogP contribution is 2.16. The van der Waals surface area contributed by atoms with Crippen LogP contribution in [0.4, 0.5) is 11.8 Å². The van der Waals surface area contributed by atoms with E-state index in [0.717, 1.165) is 43.9 Å². The number of anilines is 2. The van der Waals surface area contributed by atoms with Crippen molar-refractivity contribution in [2.45, 2.75) is 45.6 Å². The summed E-state index contributed by atoms with van der Waals surface area (Å²) in [6.07, 6.45) is 5.73. The van der Waals surface area contributed by atoms with Gasteiger partial charge in [-0.1, -0.05) is 37.6 Å². The maximum Gasteiger partial charge on any atom is 0.222 e. The minimum Gasteiger partial charge on any atom is -0.370 e. The van der Waals surface area contributed by atoms with Crippen molar-refractivity contribution in [3.05, 3.63) is 47.2 Å². The van der Waals surface area contributed by atoms with Gasteiger partial charge in [-0.15, -0.1) is 0 Å². The Labute approximate surface area is 150 Å². The largest absolute Gasteiger partial charge is 0.370 e. The molecule has 2 heterocycles. The first kappa shape index (κ1) is 17.7. The predicted molar refractivity (Wildman–Crippen MR) is 104 cm³/mol. The van der Waals surface area contributed by atoms with Crippen LogP contribution in [0.5, 0.6) is 0 Å². The third-order valence-electron chi connectivity index (χ3n) is 4.65. The summed E-state index contributed by atoms with van der Waals surface area (Å²) in [4.78, 5) is 11.2. The van der Waals surface area contributed by atoms with Gasteiger partial charge in [-0.2, -0.15) is 4.98 Å². The number of likely N-dealkylation sites (tertiary alicyclic amines) is 1. The van der Waals surface area contributed by atoms with Crippen molar-refractivity contribution in [1.82, 2.24) is 14.9 Å². The topological polar surface area (TPSA) is 67.1 Å². The number of nitrogens with zero attached hydrogens (tertiary/aromatic N) is 3. The van der Waals surface area contributed by atoms with E-state index in [9.17, 15) is 0 Å². The standard InChI is InChI=1S/C20H29N5/c1-2-3-10-22-19-14-18(23-20(21)24-19)13-16-6-8-17(9-7-16)15-25-11-4-5-12-25/h6-9,14H,2-5,10-13,15H2,1H3,(H3,21,22,23,24). The summed E-state index contributed by atoms with van der Waals surface area (Å²) >= 11 is 0. The van der Waals surface area contributed by atoms with Crippen molar-refractivity contribution in [2.75, 3.05) is 30.7 Å². The van der Waals surface area contributed by atoms with Gasteiger partial charge in [-0.05, 0) is 43.5 Å². The molecule has 0 bridgehead atoms. The number of hydrogen-bond donors (Lipinski definition) is 2. The quantitative estimate of drug-likeness (QED) is 0.721. The van der Waals surface area contributed by atoms with Gasteiger partial charge in [0.05, 0.1) is 5.69 Å². The van der Waals surface area contributed by atoms with Gasteiger partial charge in [0.2, 0.25) is 5.95 Å². The average Bonchev–Trinajstić information content (AvgIpc) is 3.09. The van der Waals surface area contributed by atoms with Gasteiger partial charge in [0.15, 0.2) is 0 Å². The normalized spacial score (nSPS) is 14.8. The third kappa shape index (κ3) is 5.43. The summed E-state index contributed by atoms with van der Waals surface area (Å²) in [6.45, 7) is 6.62. The van der Waals surface area contributed by atoms with Crippen LogP contribution in [0.1, 0.15) is 49.4 Å². The molecule has 5 nitrogen and oxygen atoms in total. The molecule has 0 spiro atoms. The summed E-state index contributed by atoms with van der Waals surface area (Å²) in [5.41, 5.74) is 9.46. The number of benzene rings is 1. The second-order valence-corrected chi connectivity index (χ2v) is 6.86. The smallest absolute Gasteiger partial charge is 0.222 e. The lowest BCUT2D eigenvalue weighted by Gasteiger charge is -2.14. The van der Waals surface area contributed by atoms with Gasteiger partial charge in [0, 0.05) is 25.6 Å². The van der Waals surface area contributed by atoms with Crippen molar-refractivity contribution < 1.29 is 0 Å². The molecule has 1 aliphatic rings. The molecule has 0 saturated carbocycles. The molecule has 1 fully saturated rings. The van der Waals surface area contributed by atoms with E-state index in [1.165, 1.54) is 37.1 Å². The van der Waals surface area contributed by atoms with Crippen LogP contribution >= 0.6 is 0 Å². The lowest BCUT2D eigenvalue weighted by atomic mass is 10.1. The van der Waals surface area contributed by atoms with Crippen molar-refractivity contribution in [1.29, 1.82) is 0 Å². The number of rotatable bonds is 8. The summed E-state index contributed by atoms with van der Waals surface area (Å²) in [5, 5.41) is 3.33. The van der Waals surface area contributed by atoms with E-state index in [2.05, 4.69) is 51.4 Å². The molecule has 1 aliphatic heterocycles. The predicted octanol–water partition coefficient (Wildman–Crippen LogP) is 3.46. The highest BCUT2D eigenvalue weighted by Gasteiger charge is 2.11. The second kappa shape index (κ2) is 8.81. The molecule has 0 unspecified atom stereocenters. The van der Waals surface area contributed by atoms with E-state index in [0.29, 0.717) is 5.95 Å². The fourth-order valence-electron chi connectivity index (χ4n) is 3.26. The van der Waals surface area contributed by atoms with Crippen LogP contribution < -0.4 is 11.1 Å². The fraction of sp³-hybridized carbons (Fsp3) is 0.500. The van der Waals surface area contributed by atoms with E-state index in [1.807, 2.05) is 6.07 Å². The zero-order valence-electron chi connectivity index (χ0n) is 15.2. The highest BCUT2D eigenvalue weighted by molar-refractivity contribution is 5.41. The number of nitrogen functional groups attached to an aromatic ring is 1. The van der Waals surface area contributed by atoms with Crippen molar-refractivity contribution >= 4 is 11.8 Å². The Morgan fingerprint density at radius 1 is 1.08 bits per heavy atom. The first-order valence-electron chi connectivity index (χ1n) is 9.40. The first-order valence-corrected chi connectivity index (χ1v) is 9.40. The van der Waals surface area contributed by atoms with Crippen LogP contribution in [-0.2, 0) is 13.0 Å². The molecule has 2 aromatic rings. The van der Waals surface area contributed by atoms with Crippen molar-refractivity contribution in [2.24, 2.45) is 0 Å². The maximum absolute atomic E-state index is 5.87. The highest BCUT2D eigenvalue weighted by atomic mass is 15.1. The zero-order chi connectivity index (χ0) is 17.5. The number of nitrogens with one attached hydrogen (secondary N) is 1. The SMILES string of the molecule is CCCCNc1cc(Cc2ccc(CN3CCCC3)cc2)nc(N)n1. The van der Waals surface area contributed by atoms with Crippen molar-refractivity contribution in [3.8, 4) is 0 Å². The van der Waals surface area contributed by atoms with Crippen LogP contribution in [0.25, 0.3) is 0 Å². The molecule has 0 atom stereocenters. The van der Waals surface area contributed by atoms with Crippen LogP contribution in [0.3, 0.4) is 0 Å². The van der Waals surface area contributed by atoms with E-state index >= 15 is 0 Å². The van der Waals surface area contributed by atoms with Gasteiger partial charge in [-0.3, -0.25) is 4.90 Å². The van der Waals surface area contributed by atoms with Crippen molar-refractivity contribution in [3.63, 3.8) is 0 Å². The molecule has 25 heavy (non-hydrogen) atoms. The molecule has 0 amide bonds. The molecular formula is C20H29N5. The number of aromatic nitrogens is 2. The molecular weight excluding hydrogens is 310 g/mol. The summed E-state index contributed by atoms with van der Waals surface area (Å²) in [5.74, 6) is 1.16. The van der Waals surface area contributed by atoms with E-state index in [1.54, 1.807) is 0 Å². The summed E-state index contributed by atoms with van der Waals surface area (Å²) in [6, 6.07) is 10.9. The lowest BCUT2D eigenvalue weighted by molar-refractivity contribution is 0.331. The van der Waals surface area contributed by atoms with Gasteiger partial charge in [0.25, 0.3) is 0 Å². The molecule has 1 aromatic heterocycles. The van der Waals surface area contributed by atoms with Crippen LogP contribution in [0.2, 0.25) is 0 Å². The molecule has 0 aliphatic carbocycles. The van der Waals surface area contributed by atoms with E-state index < -0.39 is 0 Å². The van der Waals surface area contributed by atoms with Crippen LogP contribution in [0, 0.1) is 0 Å². The molecule has 3 rings (SSSR count). The van der Waals surface area contributed by atoms with Crippen LogP contribution in [0.15, 0.2) is 30.3 Å². The monoisotopic (exact) mass is 339 g/mol. The molecule has 3 N–H and O–H groups in total. The fourth-order valence-corrected chi connectivity index (χ4v) is 3.26. The minimum absolute atomic E-state index is 0.335. The minimum atomic E-state index is 0.335. The van der Waals surface area contributed by atoms with E-state index in [4.69, 9.17) is 5.73 Å². The number of unbranched alkanes of at least 4 members (excludes halogenated alkanes) is 1. The molecule has 1 saturated heterocycles. The first-order chi connectivity index (χ1) is 12.2.